The molecule has 3 saturated heterocycles. The molecule has 2 aromatic rings. The molecular formula is C26H38N6O3S. The van der Waals surface area contributed by atoms with Gasteiger partial charge in [0.05, 0.1) is 35.7 Å². The zero-order valence-corrected chi connectivity index (χ0v) is 22.5. The van der Waals surface area contributed by atoms with Crippen LogP contribution in [-0.4, -0.2) is 106 Å². The molecular weight excluding hydrogens is 476 g/mol. The standard InChI is InChI=1S/C26H38N6O3S/c1-21-18-23(20-27-30-12-10-28(3)11-13-30)22(2)32(21)26-19-24(6-7-25(26)29-8-4-5-9-29)36(33,34)31-14-16-35-17-15-31/h6-7,18-20H,4-5,8-17H2,1-3H3. The number of benzene rings is 1. The van der Waals surface area contributed by atoms with E-state index in [1.807, 2.05) is 18.3 Å². The van der Waals surface area contributed by atoms with E-state index in [-0.39, 0.29) is 0 Å². The smallest absolute Gasteiger partial charge is 0.243 e. The van der Waals surface area contributed by atoms with Gasteiger partial charge in [-0.15, -0.1) is 0 Å². The van der Waals surface area contributed by atoms with Gasteiger partial charge in [-0.3, -0.25) is 5.01 Å². The predicted molar refractivity (Wildman–Crippen MR) is 143 cm³/mol. The van der Waals surface area contributed by atoms with Crippen LogP contribution >= 0.6 is 0 Å². The lowest BCUT2D eigenvalue weighted by molar-refractivity contribution is 0.0730. The Balaban J connectivity index is 1.52. The van der Waals surface area contributed by atoms with Crippen LogP contribution in [0.2, 0.25) is 0 Å². The van der Waals surface area contributed by atoms with Crippen molar-refractivity contribution < 1.29 is 13.2 Å². The molecule has 0 bridgehead atoms. The lowest BCUT2D eigenvalue weighted by Crippen LogP contribution is -2.41. The molecule has 36 heavy (non-hydrogen) atoms. The Hall–Kier alpha value is -2.40. The van der Waals surface area contributed by atoms with Gasteiger partial charge in [-0.05, 0) is 58.0 Å². The van der Waals surface area contributed by atoms with Crippen molar-refractivity contribution in [2.24, 2.45) is 5.10 Å². The largest absolute Gasteiger partial charge is 0.379 e. The van der Waals surface area contributed by atoms with Gasteiger partial charge in [0.15, 0.2) is 0 Å². The quantitative estimate of drug-likeness (QED) is 0.551. The maximum atomic E-state index is 13.5. The van der Waals surface area contributed by atoms with E-state index in [1.54, 1.807) is 6.07 Å². The van der Waals surface area contributed by atoms with Crippen molar-refractivity contribution in [3.05, 3.63) is 41.2 Å². The second-order valence-electron chi connectivity index (χ2n) is 10.0. The highest BCUT2D eigenvalue weighted by Gasteiger charge is 2.29. The number of anilines is 1. The Morgan fingerprint density at radius 2 is 1.58 bits per heavy atom. The van der Waals surface area contributed by atoms with Gasteiger partial charge in [-0.2, -0.15) is 9.41 Å². The molecule has 3 aliphatic rings. The molecule has 0 atom stereocenters. The fourth-order valence-electron chi connectivity index (χ4n) is 5.35. The molecule has 0 radical (unpaired) electrons. The van der Waals surface area contributed by atoms with Crippen LogP contribution in [0.4, 0.5) is 5.69 Å². The highest BCUT2D eigenvalue weighted by molar-refractivity contribution is 7.89. The van der Waals surface area contributed by atoms with Crippen molar-refractivity contribution in [3.8, 4) is 5.69 Å². The summed E-state index contributed by atoms with van der Waals surface area (Å²) in [6.45, 7) is 11.7. The topological polar surface area (TPSA) is 73.6 Å². The maximum absolute atomic E-state index is 13.5. The van der Waals surface area contributed by atoms with Gasteiger partial charge >= 0.3 is 0 Å². The van der Waals surface area contributed by atoms with E-state index in [9.17, 15) is 8.42 Å². The van der Waals surface area contributed by atoms with E-state index in [2.05, 4.69) is 46.3 Å². The van der Waals surface area contributed by atoms with Crippen molar-refractivity contribution in [1.82, 2.24) is 18.8 Å². The van der Waals surface area contributed by atoms with Crippen LogP contribution in [-0.2, 0) is 14.8 Å². The first-order valence-corrected chi connectivity index (χ1v) is 14.4. The Morgan fingerprint density at radius 3 is 2.28 bits per heavy atom. The lowest BCUT2D eigenvalue weighted by Gasteiger charge is -2.30. The molecule has 1 aromatic heterocycles. The SMILES string of the molecule is Cc1cc(C=NN2CCN(C)CC2)c(C)n1-c1cc(S(=O)(=O)N2CCOCC2)ccc1N1CCCC1. The average Bonchev–Trinajstić information content (AvgIpc) is 3.52. The number of morpholine rings is 1. The number of rotatable bonds is 6. The molecule has 0 saturated carbocycles. The third-order valence-electron chi connectivity index (χ3n) is 7.55. The third-order valence-corrected chi connectivity index (χ3v) is 9.45. The molecule has 1 aromatic carbocycles. The van der Waals surface area contributed by atoms with Gasteiger partial charge in [0, 0.05) is 69.3 Å². The lowest BCUT2D eigenvalue weighted by atomic mass is 10.2. The Bertz CT molecular complexity index is 1200. The van der Waals surface area contributed by atoms with Gasteiger partial charge < -0.3 is 19.1 Å². The van der Waals surface area contributed by atoms with E-state index in [0.717, 1.165) is 80.4 Å². The molecule has 5 rings (SSSR count). The van der Waals surface area contributed by atoms with E-state index < -0.39 is 10.0 Å². The average molecular weight is 515 g/mol. The van der Waals surface area contributed by atoms with Crippen molar-refractivity contribution >= 4 is 21.9 Å². The van der Waals surface area contributed by atoms with Crippen LogP contribution < -0.4 is 4.90 Å². The number of sulfonamides is 1. The number of hydrazone groups is 1. The van der Waals surface area contributed by atoms with E-state index >= 15 is 0 Å². The highest BCUT2D eigenvalue weighted by Crippen LogP contribution is 2.34. The molecule has 0 amide bonds. The van der Waals surface area contributed by atoms with Crippen LogP contribution in [0.25, 0.3) is 5.69 Å². The minimum Gasteiger partial charge on any atom is -0.379 e. The van der Waals surface area contributed by atoms with Gasteiger partial charge in [-0.25, -0.2) is 8.42 Å². The van der Waals surface area contributed by atoms with Gasteiger partial charge in [-0.1, -0.05) is 0 Å². The monoisotopic (exact) mass is 514 g/mol. The second-order valence-corrected chi connectivity index (χ2v) is 12.0. The highest BCUT2D eigenvalue weighted by atomic mass is 32.2. The van der Waals surface area contributed by atoms with Crippen LogP contribution in [0.5, 0.6) is 0 Å². The number of aromatic nitrogens is 1. The Kier molecular flexibility index (Phi) is 7.39. The van der Waals surface area contributed by atoms with Gasteiger partial charge in [0.25, 0.3) is 0 Å². The molecule has 0 aliphatic carbocycles. The minimum absolute atomic E-state index is 0.336. The van der Waals surface area contributed by atoms with Crippen LogP contribution in [0.15, 0.2) is 34.3 Å². The number of piperazine rings is 1. The Labute approximate surface area is 215 Å². The fraction of sp³-hybridized carbons (Fsp3) is 0.577. The summed E-state index contributed by atoms with van der Waals surface area (Å²) >= 11 is 0. The molecule has 0 spiro atoms. The molecule has 3 aliphatic heterocycles. The number of hydrogen-bond donors (Lipinski definition) is 0. The second kappa shape index (κ2) is 10.5. The van der Waals surface area contributed by atoms with Crippen molar-refractivity contribution in [3.63, 3.8) is 0 Å². The molecule has 10 heteroatoms. The summed E-state index contributed by atoms with van der Waals surface area (Å²) in [7, 11) is -1.46. The molecule has 9 nitrogen and oxygen atoms in total. The first-order valence-electron chi connectivity index (χ1n) is 13.0. The summed E-state index contributed by atoms with van der Waals surface area (Å²) in [5.74, 6) is 0. The zero-order chi connectivity index (χ0) is 25.3. The summed E-state index contributed by atoms with van der Waals surface area (Å²) < 4.78 is 36.1. The molecule has 4 heterocycles. The number of hydrogen-bond acceptors (Lipinski definition) is 7. The van der Waals surface area contributed by atoms with Gasteiger partial charge in [0.2, 0.25) is 10.0 Å². The Morgan fingerprint density at radius 1 is 0.889 bits per heavy atom. The summed E-state index contributed by atoms with van der Waals surface area (Å²) in [5, 5.41) is 6.88. The minimum atomic E-state index is -3.60. The third kappa shape index (κ3) is 5.04. The van der Waals surface area contributed by atoms with Crippen molar-refractivity contribution in [2.45, 2.75) is 31.6 Å². The number of ether oxygens (including phenoxy) is 1. The van der Waals surface area contributed by atoms with Gasteiger partial charge in [0.1, 0.15) is 0 Å². The molecule has 0 N–H and O–H groups in total. The zero-order valence-electron chi connectivity index (χ0n) is 21.7. The van der Waals surface area contributed by atoms with E-state index in [1.165, 1.54) is 4.31 Å². The molecule has 196 valence electrons. The fourth-order valence-corrected chi connectivity index (χ4v) is 6.78. The van der Waals surface area contributed by atoms with Crippen LogP contribution in [0.1, 0.15) is 29.8 Å². The summed E-state index contributed by atoms with van der Waals surface area (Å²) in [5.41, 5.74) is 5.18. The van der Waals surface area contributed by atoms with E-state index in [4.69, 9.17) is 9.84 Å². The maximum Gasteiger partial charge on any atom is 0.243 e. The number of likely N-dealkylation sites (N-methyl/N-ethyl adjacent to an activating group) is 1. The first kappa shape index (κ1) is 25.3. The summed E-state index contributed by atoms with van der Waals surface area (Å²) in [6, 6.07) is 7.77. The van der Waals surface area contributed by atoms with Crippen LogP contribution in [0.3, 0.4) is 0 Å². The van der Waals surface area contributed by atoms with Crippen LogP contribution in [0, 0.1) is 13.8 Å². The number of nitrogens with zero attached hydrogens (tertiary/aromatic N) is 6. The molecule has 3 fully saturated rings. The summed E-state index contributed by atoms with van der Waals surface area (Å²) in [6.07, 6.45) is 4.26. The first-order chi connectivity index (χ1) is 17.3. The summed E-state index contributed by atoms with van der Waals surface area (Å²) in [4.78, 5) is 5.02. The van der Waals surface area contributed by atoms with Crippen molar-refractivity contribution in [2.75, 3.05) is 77.5 Å². The normalized spacial score (nSPS) is 20.6. The molecule has 0 unspecified atom stereocenters. The predicted octanol–water partition coefficient (Wildman–Crippen LogP) is 2.30. The van der Waals surface area contributed by atoms with Crippen molar-refractivity contribution in [1.29, 1.82) is 0 Å². The van der Waals surface area contributed by atoms with E-state index in [0.29, 0.717) is 31.2 Å². The number of aryl methyl sites for hydroxylation is 1.